The number of ketones is 1. The summed E-state index contributed by atoms with van der Waals surface area (Å²) in [5, 5.41) is 9.76. The van der Waals surface area contributed by atoms with E-state index in [1.165, 1.54) is 5.56 Å². The van der Waals surface area contributed by atoms with Gasteiger partial charge in [-0.1, -0.05) is 35.9 Å². The molecular formula is C16H16O2. The third-order valence-electron chi connectivity index (χ3n) is 2.94. The van der Waals surface area contributed by atoms with Gasteiger partial charge < -0.3 is 5.11 Å². The van der Waals surface area contributed by atoms with Gasteiger partial charge in [0, 0.05) is 6.42 Å². The van der Waals surface area contributed by atoms with Gasteiger partial charge in [0.05, 0.1) is 5.56 Å². The van der Waals surface area contributed by atoms with Crippen molar-refractivity contribution in [2.75, 3.05) is 0 Å². The Morgan fingerprint density at radius 2 is 1.61 bits per heavy atom. The Hall–Kier alpha value is -2.09. The zero-order valence-corrected chi connectivity index (χ0v) is 10.6. The fraction of sp³-hybridized carbons (Fsp3) is 0.188. The maximum atomic E-state index is 12.1. The normalized spacial score (nSPS) is 10.3. The van der Waals surface area contributed by atoms with E-state index >= 15 is 0 Å². The monoisotopic (exact) mass is 240 g/mol. The van der Waals surface area contributed by atoms with Crippen molar-refractivity contribution >= 4 is 5.78 Å². The molecule has 0 aliphatic heterocycles. The molecule has 0 radical (unpaired) electrons. The highest BCUT2D eigenvalue weighted by molar-refractivity contribution is 5.99. The zero-order chi connectivity index (χ0) is 13.1. The Labute approximate surface area is 107 Å². The molecule has 0 unspecified atom stereocenters. The predicted octanol–water partition coefficient (Wildman–Crippen LogP) is 3.43. The molecule has 0 fully saturated rings. The maximum Gasteiger partial charge on any atom is 0.170 e. The number of aromatic hydroxyl groups is 1. The predicted molar refractivity (Wildman–Crippen MR) is 72.1 cm³/mol. The molecule has 92 valence electrons. The summed E-state index contributed by atoms with van der Waals surface area (Å²) in [5.41, 5.74) is 3.47. The van der Waals surface area contributed by atoms with Gasteiger partial charge in [-0.25, -0.2) is 0 Å². The molecule has 0 atom stereocenters. The van der Waals surface area contributed by atoms with Crippen molar-refractivity contribution in [3.63, 3.8) is 0 Å². The molecule has 2 aromatic rings. The molecule has 0 heterocycles. The Morgan fingerprint density at radius 1 is 1.00 bits per heavy atom. The van der Waals surface area contributed by atoms with Gasteiger partial charge in [-0.05, 0) is 37.1 Å². The van der Waals surface area contributed by atoms with Crippen LogP contribution in [-0.2, 0) is 6.42 Å². The second kappa shape index (κ2) is 5.05. The molecule has 18 heavy (non-hydrogen) atoms. The Bertz CT molecular complexity index is 568. The van der Waals surface area contributed by atoms with Gasteiger partial charge in [0.1, 0.15) is 5.75 Å². The average Bonchev–Trinajstić information content (AvgIpc) is 2.32. The topological polar surface area (TPSA) is 37.3 Å². The number of Topliss-reactive ketones (excluding diaryl/α,β-unsaturated/α-hetero) is 1. The van der Waals surface area contributed by atoms with Crippen LogP contribution in [0.3, 0.4) is 0 Å². The molecule has 2 aromatic carbocycles. The zero-order valence-electron chi connectivity index (χ0n) is 10.6. The summed E-state index contributed by atoms with van der Waals surface area (Å²) in [6, 6.07) is 13.0. The molecular weight excluding hydrogens is 224 g/mol. The van der Waals surface area contributed by atoms with Crippen LogP contribution >= 0.6 is 0 Å². The van der Waals surface area contributed by atoms with E-state index in [9.17, 15) is 9.90 Å². The van der Waals surface area contributed by atoms with Gasteiger partial charge in [0.15, 0.2) is 5.78 Å². The van der Waals surface area contributed by atoms with Crippen LogP contribution in [0.15, 0.2) is 42.5 Å². The Morgan fingerprint density at radius 3 is 2.22 bits per heavy atom. The van der Waals surface area contributed by atoms with Crippen molar-refractivity contribution < 1.29 is 9.90 Å². The van der Waals surface area contributed by atoms with E-state index in [2.05, 4.69) is 0 Å². The van der Waals surface area contributed by atoms with Crippen molar-refractivity contribution in [3.8, 4) is 5.75 Å². The van der Waals surface area contributed by atoms with Gasteiger partial charge in [0.2, 0.25) is 0 Å². The van der Waals surface area contributed by atoms with Gasteiger partial charge in [-0.2, -0.15) is 0 Å². The highest BCUT2D eigenvalue weighted by atomic mass is 16.3. The summed E-state index contributed by atoms with van der Waals surface area (Å²) in [5.74, 6) is 0.00321. The summed E-state index contributed by atoms with van der Waals surface area (Å²) in [6.07, 6.45) is 0.316. The Kier molecular flexibility index (Phi) is 3.47. The Balaban J connectivity index is 2.19. The van der Waals surface area contributed by atoms with Crippen LogP contribution in [0.1, 0.15) is 27.0 Å². The first-order chi connectivity index (χ1) is 8.56. The summed E-state index contributed by atoms with van der Waals surface area (Å²) < 4.78 is 0. The van der Waals surface area contributed by atoms with Gasteiger partial charge in [-0.15, -0.1) is 0 Å². The lowest BCUT2D eigenvalue weighted by Gasteiger charge is -2.05. The molecule has 0 amide bonds. The maximum absolute atomic E-state index is 12.1. The van der Waals surface area contributed by atoms with E-state index < -0.39 is 0 Å². The van der Waals surface area contributed by atoms with E-state index in [0.29, 0.717) is 12.0 Å². The van der Waals surface area contributed by atoms with Crippen molar-refractivity contribution in [2.45, 2.75) is 20.3 Å². The van der Waals surface area contributed by atoms with Crippen LogP contribution < -0.4 is 0 Å². The summed E-state index contributed by atoms with van der Waals surface area (Å²) in [6.45, 7) is 3.89. The highest BCUT2D eigenvalue weighted by Gasteiger charge is 2.11. The van der Waals surface area contributed by atoms with E-state index in [0.717, 1.165) is 11.1 Å². The molecule has 2 heteroatoms. The number of aryl methyl sites for hydroxylation is 2. The van der Waals surface area contributed by atoms with Crippen LogP contribution in [-0.4, -0.2) is 10.9 Å². The van der Waals surface area contributed by atoms with Crippen LogP contribution in [0.5, 0.6) is 5.75 Å². The van der Waals surface area contributed by atoms with E-state index in [1.807, 2.05) is 44.2 Å². The number of benzene rings is 2. The third-order valence-corrected chi connectivity index (χ3v) is 2.94. The van der Waals surface area contributed by atoms with E-state index in [4.69, 9.17) is 0 Å². The minimum absolute atomic E-state index is 0.0589. The van der Waals surface area contributed by atoms with E-state index in [1.54, 1.807) is 12.1 Å². The molecule has 0 aromatic heterocycles. The smallest absolute Gasteiger partial charge is 0.170 e. The van der Waals surface area contributed by atoms with Gasteiger partial charge in [0.25, 0.3) is 0 Å². The lowest BCUT2D eigenvalue weighted by atomic mass is 10.0. The SMILES string of the molecule is Cc1ccc(CC(=O)c2ccc(C)cc2O)cc1. The first kappa shape index (κ1) is 12.4. The second-order valence-electron chi connectivity index (χ2n) is 4.61. The lowest BCUT2D eigenvalue weighted by Crippen LogP contribution is -2.04. The lowest BCUT2D eigenvalue weighted by molar-refractivity contribution is 0.0990. The average molecular weight is 240 g/mol. The first-order valence-electron chi connectivity index (χ1n) is 5.94. The van der Waals surface area contributed by atoms with E-state index in [-0.39, 0.29) is 11.5 Å². The summed E-state index contributed by atoms with van der Waals surface area (Å²) in [4.78, 5) is 12.1. The number of hydrogen-bond acceptors (Lipinski definition) is 2. The van der Waals surface area contributed by atoms with Crippen molar-refractivity contribution in [2.24, 2.45) is 0 Å². The molecule has 0 spiro atoms. The fourth-order valence-electron chi connectivity index (χ4n) is 1.86. The van der Waals surface area contributed by atoms with Crippen molar-refractivity contribution in [3.05, 3.63) is 64.7 Å². The van der Waals surface area contributed by atoms with Crippen LogP contribution in [0.25, 0.3) is 0 Å². The minimum atomic E-state index is -0.0589. The molecule has 0 saturated carbocycles. The first-order valence-corrected chi connectivity index (χ1v) is 5.94. The van der Waals surface area contributed by atoms with Crippen molar-refractivity contribution in [1.82, 2.24) is 0 Å². The second-order valence-corrected chi connectivity index (χ2v) is 4.61. The summed E-state index contributed by atoms with van der Waals surface area (Å²) in [7, 11) is 0. The van der Waals surface area contributed by atoms with Crippen molar-refractivity contribution in [1.29, 1.82) is 0 Å². The number of rotatable bonds is 3. The molecule has 0 aliphatic carbocycles. The number of carbonyl (C=O) groups is 1. The molecule has 0 saturated heterocycles. The molecule has 2 nitrogen and oxygen atoms in total. The fourth-order valence-corrected chi connectivity index (χ4v) is 1.86. The quantitative estimate of drug-likeness (QED) is 0.834. The van der Waals surface area contributed by atoms with Crippen LogP contribution in [0, 0.1) is 13.8 Å². The molecule has 0 bridgehead atoms. The number of phenolic OH excluding ortho intramolecular Hbond substituents is 1. The molecule has 2 rings (SSSR count). The minimum Gasteiger partial charge on any atom is -0.507 e. The van der Waals surface area contributed by atoms with Gasteiger partial charge >= 0.3 is 0 Å². The molecule has 0 aliphatic rings. The third kappa shape index (κ3) is 2.77. The highest BCUT2D eigenvalue weighted by Crippen LogP contribution is 2.20. The summed E-state index contributed by atoms with van der Waals surface area (Å²) >= 11 is 0. The van der Waals surface area contributed by atoms with Crippen LogP contribution in [0.4, 0.5) is 0 Å². The number of hydrogen-bond donors (Lipinski definition) is 1. The molecule has 1 N–H and O–H groups in total. The van der Waals surface area contributed by atoms with Gasteiger partial charge in [-0.3, -0.25) is 4.79 Å². The largest absolute Gasteiger partial charge is 0.507 e. The number of phenols is 1. The standard InChI is InChI=1S/C16H16O2/c1-11-3-6-13(7-4-11)10-16(18)14-8-5-12(2)9-15(14)17/h3-9,17H,10H2,1-2H3. The number of carbonyl (C=O) groups excluding carboxylic acids is 1. The van der Waals surface area contributed by atoms with Crippen LogP contribution in [0.2, 0.25) is 0 Å².